The molecular weight excluding hydrogens is 204 g/mol. The molecule has 1 heterocycles. The number of carbonyl (C=O) groups is 1. The molecule has 1 atom stereocenters. The highest BCUT2D eigenvalue weighted by atomic mass is 32.2. The Labute approximate surface area is 73.7 Å². The van der Waals surface area contributed by atoms with Crippen LogP contribution in [0.3, 0.4) is 0 Å². The molecular formula is C4H4N2O4S2. The van der Waals surface area contributed by atoms with Crippen LogP contribution in [0, 0.1) is 0 Å². The molecule has 0 aromatic carbocycles. The first-order valence-electron chi connectivity index (χ1n) is 2.65. The third-order valence-corrected chi connectivity index (χ3v) is 2.20. The van der Waals surface area contributed by atoms with Gasteiger partial charge >= 0.3 is 5.97 Å². The van der Waals surface area contributed by atoms with Crippen LogP contribution in [0.4, 0.5) is 5.00 Å². The van der Waals surface area contributed by atoms with E-state index in [1.807, 2.05) is 4.72 Å². The van der Waals surface area contributed by atoms with Crippen LogP contribution in [0.1, 0.15) is 10.5 Å². The quantitative estimate of drug-likeness (QED) is 0.624. The van der Waals surface area contributed by atoms with Gasteiger partial charge in [-0.05, 0) is 0 Å². The first-order valence-corrected chi connectivity index (χ1v) is 4.64. The van der Waals surface area contributed by atoms with Crippen LogP contribution in [0.15, 0.2) is 5.51 Å². The molecule has 6 nitrogen and oxygen atoms in total. The molecule has 0 aliphatic carbocycles. The van der Waals surface area contributed by atoms with Crippen molar-refractivity contribution < 1.29 is 18.7 Å². The minimum absolute atomic E-state index is 0.0725. The topological polar surface area (TPSA) is 99.5 Å². The maximum absolute atomic E-state index is 10.4. The average molecular weight is 208 g/mol. The molecule has 66 valence electrons. The van der Waals surface area contributed by atoms with Gasteiger partial charge in [-0.2, -0.15) is 0 Å². The Hall–Kier alpha value is -0.990. The normalized spacial score (nSPS) is 12.4. The number of anilines is 1. The Balaban J connectivity index is 2.91. The first kappa shape index (κ1) is 9.10. The SMILES string of the molecule is O=C(O)c1ncsc1NS(=O)O. The van der Waals surface area contributed by atoms with Crippen LogP contribution in [-0.2, 0) is 11.3 Å². The molecule has 0 saturated heterocycles. The van der Waals surface area contributed by atoms with Gasteiger partial charge in [0.15, 0.2) is 5.69 Å². The van der Waals surface area contributed by atoms with Gasteiger partial charge in [0.1, 0.15) is 5.00 Å². The largest absolute Gasteiger partial charge is 0.476 e. The number of aromatic carboxylic acids is 1. The van der Waals surface area contributed by atoms with Crippen LogP contribution in [-0.4, -0.2) is 24.8 Å². The summed E-state index contributed by atoms with van der Waals surface area (Å²) in [6.07, 6.45) is 0. The van der Waals surface area contributed by atoms with Crippen LogP contribution in [0.5, 0.6) is 0 Å². The van der Waals surface area contributed by atoms with Gasteiger partial charge in [0.2, 0.25) is 0 Å². The third kappa shape index (κ3) is 2.00. The first-order chi connectivity index (χ1) is 5.61. The van der Waals surface area contributed by atoms with Crippen molar-refractivity contribution in [2.45, 2.75) is 0 Å². The minimum atomic E-state index is -2.26. The molecule has 3 N–H and O–H groups in total. The average Bonchev–Trinajstić information content (AvgIpc) is 2.33. The van der Waals surface area contributed by atoms with Gasteiger partial charge in [-0.1, -0.05) is 0 Å². The zero-order valence-electron chi connectivity index (χ0n) is 5.55. The molecule has 0 saturated carbocycles. The smallest absolute Gasteiger partial charge is 0.357 e. The lowest BCUT2D eigenvalue weighted by Crippen LogP contribution is -2.06. The van der Waals surface area contributed by atoms with Crippen molar-refractivity contribution in [1.29, 1.82) is 0 Å². The number of thiazole rings is 1. The van der Waals surface area contributed by atoms with Gasteiger partial charge in [-0.3, -0.25) is 9.27 Å². The summed E-state index contributed by atoms with van der Waals surface area (Å²) >= 11 is -1.31. The molecule has 0 amide bonds. The highest BCUT2D eigenvalue weighted by Crippen LogP contribution is 2.19. The van der Waals surface area contributed by atoms with E-state index in [0.29, 0.717) is 0 Å². The summed E-state index contributed by atoms with van der Waals surface area (Å²) in [4.78, 5) is 13.9. The van der Waals surface area contributed by atoms with Gasteiger partial charge in [0, 0.05) is 0 Å². The van der Waals surface area contributed by atoms with E-state index in [0.717, 1.165) is 11.3 Å². The maximum Gasteiger partial charge on any atom is 0.357 e. The number of carboxylic acid groups (broad SMARTS) is 1. The van der Waals surface area contributed by atoms with Crippen LogP contribution in [0.25, 0.3) is 0 Å². The van der Waals surface area contributed by atoms with E-state index in [9.17, 15) is 9.00 Å². The number of carboxylic acids is 1. The zero-order valence-corrected chi connectivity index (χ0v) is 7.18. The Kier molecular flexibility index (Phi) is 2.74. The van der Waals surface area contributed by atoms with Crippen molar-refractivity contribution in [3.63, 3.8) is 0 Å². The molecule has 8 heteroatoms. The summed E-state index contributed by atoms with van der Waals surface area (Å²) in [6.45, 7) is 0. The zero-order chi connectivity index (χ0) is 9.14. The standard InChI is InChI=1S/C4H4N2O4S2/c7-4(8)2-3(6-12(9)10)11-1-5-2/h1,6H,(H,7,8)(H,9,10). The van der Waals surface area contributed by atoms with E-state index < -0.39 is 17.2 Å². The van der Waals surface area contributed by atoms with Crippen molar-refractivity contribution in [3.05, 3.63) is 11.2 Å². The predicted octanol–water partition coefficient (Wildman–Crippen LogP) is 0.390. The van der Waals surface area contributed by atoms with E-state index in [1.54, 1.807) is 0 Å². The summed E-state index contributed by atoms with van der Waals surface area (Å²) in [6, 6.07) is 0. The van der Waals surface area contributed by atoms with E-state index in [4.69, 9.17) is 9.66 Å². The molecule has 0 spiro atoms. The van der Waals surface area contributed by atoms with E-state index in [1.165, 1.54) is 5.51 Å². The van der Waals surface area contributed by atoms with Crippen molar-refractivity contribution >= 4 is 33.6 Å². The highest BCUT2D eigenvalue weighted by molar-refractivity contribution is 7.80. The fraction of sp³-hybridized carbons (Fsp3) is 0. The summed E-state index contributed by atoms with van der Waals surface area (Å²) in [5.41, 5.74) is 1.03. The van der Waals surface area contributed by atoms with Gasteiger partial charge in [-0.15, -0.1) is 11.3 Å². The molecule has 1 aromatic rings. The highest BCUT2D eigenvalue weighted by Gasteiger charge is 2.13. The number of aromatic nitrogens is 1. The van der Waals surface area contributed by atoms with Crippen molar-refractivity contribution in [2.75, 3.05) is 4.72 Å². The summed E-state index contributed by atoms with van der Waals surface area (Å²) < 4.78 is 20.6. The molecule has 12 heavy (non-hydrogen) atoms. The molecule has 0 fully saturated rings. The van der Waals surface area contributed by atoms with Gasteiger partial charge in [0.05, 0.1) is 5.51 Å². The number of nitrogens with zero attached hydrogens (tertiary/aromatic N) is 1. The second-order valence-electron chi connectivity index (χ2n) is 1.69. The number of rotatable bonds is 3. The Morgan fingerprint density at radius 2 is 2.42 bits per heavy atom. The van der Waals surface area contributed by atoms with Crippen LogP contribution < -0.4 is 4.72 Å². The molecule has 0 aliphatic heterocycles. The lowest BCUT2D eigenvalue weighted by molar-refractivity contribution is 0.0692. The van der Waals surface area contributed by atoms with Crippen molar-refractivity contribution in [2.24, 2.45) is 0 Å². The second kappa shape index (κ2) is 3.61. The summed E-state index contributed by atoms with van der Waals surface area (Å²) in [7, 11) is 0. The molecule has 1 aromatic heterocycles. The van der Waals surface area contributed by atoms with E-state index in [-0.39, 0.29) is 10.7 Å². The van der Waals surface area contributed by atoms with Gasteiger partial charge in [-0.25, -0.2) is 14.0 Å². The summed E-state index contributed by atoms with van der Waals surface area (Å²) in [5, 5.41) is 8.56. The minimum Gasteiger partial charge on any atom is -0.476 e. The number of hydrogen-bond acceptors (Lipinski definition) is 4. The Bertz CT molecular complexity index is 323. The Morgan fingerprint density at radius 1 is 1.75 bits per heavy atom. The van der Waals surface area contributed by atoms with Crippen molar-refractivity contribution in [1.82, 2.24) is 4.98 Å². The third-order valence-electron chi connectivity index (χ3n) is 0.950. The fourth-order valence-corrected chi connectivity index (χ4v) is 1.73. The lowest BCUT2D eigenvalue weighted by atomic mass is 10.5. The molecule has 0 radical (unpaired) electrons. The van der Waals surface area contributed by atoms with E-state index in [2.05, 4.69) is 4.98 Å². The van der Waals surface area contributed by atoms with Crippen LogP contribution >= 0.6 is 11.3 Å². The predicted molar refractivity (Wildman–Crippen MR) is 43.5 cm³/mol. The van der Waals surface area contributed by atoms with Gasteiger partial charge in [0.25, 0.3) is 11.3 Å². The van der Waals surface area contributed by atoms with E-state index >= 15 is 0 Å². The Morgan fingerprint density at radius 3 is 2.92 bits per heavy atom. The lowest BCUT2D eigenvalue weighted by Gasteiger charge is -1.96. The molecule has 1 rings (SSSR count). The fourth-order valence-electron chi connectivity index (χ4n) is 0.550. The molecule has 0 aliphatic rings. The second-order valence-corrected chi connectivity index (χ2v) is 3.24. The summed E-state index contributed by atoms with van der Waals surface area (Å²) in [5.74, 6) is -1.23. The maximum atomic E-state index is 10.4. The van der Waals surface area contributed by atoms with Crippen LogP contribution in [0.2, 0.25) is 0 Å². The van der Waals surface area contributed by atoms with Gasteiger partial charge < -0.3 is 5.11 Å². The number of nitrogens with one attached hydrogen (secondary N) is 1. The molecule has 0 bridgehead atoms. The van der Waals surface area contributed by atoms with Crippen molar-refractivity contribution in [3.8, 4) is 0 Å². The number of hydrogen-bond donors (Lipinski definition) is 3. The monoisotopic (exact) mass is 208 g/mol. The molecule has 1 unspecified atom stereocenters.